The molecule has 190 valence electrons. The third kappa shape index (κ3) is 4.47. The number of aromatic nitrogens is 2. The lowest BCUT2D eigenvalue weighted by Crippen LogP contribution is -2.39. The molecule has 1 aromatic heterocycles. The van der Waals surface area contributed by atoms with Crippen molar-refractivity contribution in [3.8, 4) is 5.75 Å². The maximum Gasteiger partial charge on any atom is 0.420 e. The van der Waals surface area contributed by atoms with Crippen LogP contribution in [0.15, 0.2) is 42.9 Å². The summed E-state index contributed by atoms with van der Waals surface area (Å²) in [6, 6.07) is 9.54. The van der Waals surface area contributed by atoms with E-state index in [0.717, 1.165) is 62.7 Å². The van der Waals surface area contributed by atoms with Crippen LogP contribution in [0.4, 0.5) is 13.2 Å². The Labute approximate surface area is 209 Å². The summed E-state index contributed by atoms with van der Waals surface area (Å²) in [4.78, 5) is 11.2. The van der Waals surface area contributed by atoms with Crippen molar-refractivity contribution in [1.82, 2.24) is 14.9 Å². The third-order valence-corrected chi connectivity index (χ3v) is 8.50. The zero-order valence-corrected chi connectivity index (χ0v) is 20.6. The van der Waals surface area contributed by atoms with Crippen molar-refractivity contribution in [2.45, 2.75) is 82.7 Å². The van der Waals surface area contributed by atoms with E-state index >= 15 is 0 Å². The van der Waals surface area contributed by atoms with E-state index in [1.807, 2.05) is 18.3 Å². The molecule has 2 aromatic carbocycles. The predicted molar refractivity (Wildman–Crippen MR) is 133 cm³/mol. The number of rotatable bonds is 5. The largest absolute Gasteiger partial charge is 0.490 e. The fourth-order valence-electron chi connectivity index (χ4n) is 6.54. The Morgan fingerprint density at radius 1 is 1.03 bits per heavy atom. The number of nitrogens with zero attached hydrogens (tertiary/aromatic N) is 3. The SMILES string of the molecule is C[C@H]1CC[C@@H](Oc2ccc3ccc(CCN4C5CCC4c4cncnc4C5)cc3c2C(F)(F)F)CC1. The molecule has 2 bridgehead atoms. The molecule has 0 radical (unpaired) electrons. The zero-order valence-electron chi connectivity index (χ0n) is 20.6. The van der Waals surface area contributed by atoms with Crippen molar-refractivity contribution < 1.29 is 17.9 Å². The van der Waals surface area contributed by atoms with Gasteiger partial charge in [-0.15, -0.1) is 0 Å². The topological polar surface area (TPSA) is 38.2 Å². The lowest BCUT2D eigenvalue weighted by Gasteiger charge is -2.35. The Kier molecular flexibility index (Phi) is 6.14. The van der Waals surface area contributed by atoms with Gasteiger partial charge < -0.3 is 4.74 Å². The van der Waals surface area contributed by atoms with Crippen LogP contribution in [-0.2, 0) is 19.0 Å². The first-order valence-corrected chi connectivity index (χ1v) is 13.2. The molecule has 3 aromatic rings. The highest BCUT2D eigenvalue weighted by Gasteiger charge is 2.40. The van der Waals surface area contributed by atoms with Gasteiger partial charge in [0.2, 0.25) is 0 Å². The molecule has 4 nitrogen and oxygen atoms in total. The molecule has 1 saturated carbocycles. The predicted octanol–water partition coefficient (Wildman–Crippen LogP) is 6.91. The van der Waals surface area contributed by atoms with Crippen LogP contribution >= 0.6 is 0 Å². The Morgan fingerprint density at radius 3 is 2.64 bits per heavy atom. The maximum absolute atomic E-state index is 14.4. The Morgan fingerprint density at radius 2 is 1.83 bits per heavy atom. The van der Waals surface area contributed by atoms with Gasteiger partial charge in [-0.2, -0.15) is 13.2 Å². The molecular formula is C29H32F3N3O. The monoisotopic (exact) mass is 495 g/mol. The number of halogens is 3. The second-order valence-corrected chi connectivity index (χ2v) is 10.9. The summed E-state index contributed by atoms with van der Waals surface area (Å²) in [5.74, 6) is 0.583. The number of hydrogen-bond acceptors (Lipinski definition) is 4. The molecule has 3 aliphatic rings. The average Bonchev–Trinajstić information content (AvgIpc) is 3.15. The van der Waals surface area contributed by atoms with Crippen molar-refractivity contribution >= 4 is 10.8 Å². The van der Waals surface area contributed by atoms with Gasteiger partial charge in [-0.05, 0) is 73.3 Å². The molecule has 0 spiro atoms. The minimum absolute atomic E-state index is 0.0302. The first kappa shape index (κ1) is 23.7. The standard InChI is InChI=1S/C29H32F3N3O/c1-18-2-8-22(9-3-18)36-27-11-6-20-5-4-19(14-23(20)28(27)29(30,31)32)12-13-35-21-7-10-26(35)24-16-33-17-34-25(24)15-21/h4-6,11,14,16-18,21-22,26H,2-3,7-10,12-13,15H2,1H3/t18-,21?,22+,26?. The average molecular weight is 496 g/mol. The van der Waals surface area contributed by atoms with Gasteiger partial charge >= 0.3 is 6.18 Å². The molecule has 2 atom stereocenters. The molecule has 7 heteroatoms. The van der Waals surface area contributed by atoms with Crippen LogP contribution in [0, 0.1) is 5.92 Å². The molecule has 2 fully saturated rings. The quantitative estimate of drug-likeness (QED) is 0.386. The summed E-state index contributed by atoms with van der Waals surface area (Å²) in [6.07, 6.45) is 6.37. The van der Waals surface area contributed by atoms with E-state index in [1.165, 1.54) is 11.6 Å². The summed E-state index contributed by atoms with van der Waals surface area (Å²) < 4.78 is 49.1. The number of alkyl halides is 3. The lowest BCUT2D eigenvalue weighted by molar-refractivity contribution is -0.138. The highest BCUT2D eigenvalue weighted by Crippen LogP contribution is 2.44. The molecule has 36 heavy (non-hydrogen) atoms. The van der Waals surface area contributed by atoms with Crippen LogP contribution in [0.1, 0.15) is 73.9 Å². The normalized spacial score (nSPS) is 26.2. The highest BCUT2D eigenvalue weighted by molar-refractivity contribution is 5.89. The van der Waals surface area contributed by atoms with Gasteiger partial charge in [0, 0.05) is 36.8 Å². The summed E-state index contributed by atoms with van der Waals surface area (Å²) in [5, 5.41) is 0.835. The van der Waals surface area contributed by atoms with Crippen LogP contribution in [0.2, 0.25) is 0 Å². The Balaban J connectivity index is 1.26. The summed E-state index contributed by atoms with van der Waals surface area (Å²) >= 11 is 0. The smallest absolute Gasteiger partial charge is 0.420 e. The summed E-state index contributed by atoms with van der Waals surface area (Å²) in [7, 11) is 0. The number of hydrogen-bond donors (Lipinski definition) is 0. The fourth-order valence-corrected chi connectivity index (χ4v) is 6.54. The summed E-state index contributed by atoms with van der Waals surface area (Å²) in [6.45, 7) is 3.00. The van der Waals surface area contributed by atoms with Gasteiger partial charge in [0.05, 0.1) is 11.8 Å². The van der Waals surface area contributed by atoms with Crippen molar-refractivity contribution in [2.75, 3.05) is 6.54 Å². The molecule has 0 N–H and O–H groups in total. The van der Waals surface area contributed by atoms with Crippen molar-refractivity contribution in [2.24, 2.45) is 5.92 Å². The van der Waals surface area contributed by atoms with E-state index in [-0.39, 0.29) is 17.2 Å². The number of fused-ring (bicyclic) bond motifs is 5. The van der Waals surface area contributed by atoms with E-state index in [0.29, 0.717) is 29.8 Å². The van der Waals surface area contributed by atoms with Crippen molar-refractivity contribution in [1.29, 1.82) is 0 Å². The Bertz CT molecular complexity index is 1250. The maximum atomic E-state index is 14.4. The van der Waals surface area contributed by atoms with E-state index < -0.39 is 11.7 Å². The minimum atomic E-state index is -4.48. The van der Waals surface area contributed by atoms with Gasteiger partial charge in [0.25, 0.3) is 0 Å². The van der Waals surface area contributed by atoms with Crippen molar-refractivity contribution in [3.05, 3.63) is 65.2 Å². The summed E-state index contributed by atoms with van der Waals surface area (Å²) in [5.41, 5.74) is 2.65. The van der Waals surface area contributed by atoms with E-state index in [9.17, 15) is 13.2 Å². The Hall–Kier alpha value is -2.67. The number of ether oxygens (including phenoxy) is 1. The highest BCUT2D eigenvalue weighted by atomic mass is 19.4. The van der Waals surface area contributed by atoms with Crippen molar-refractivity contribution in [3.63, 3.8) is 0 Å². The second-order valence-electron chi connectivity index (χ2n) is 10.9. The van der Waals surface area contributed by atoms with E-state index in [4.69, 9.17) is 4.74 Å². The number of benzene rings is 2. The van der Waals surface area contributed by atoms with Crippen LogP contribution in [0.5, 0.6) is 5.75 Å². The van der Waals surface area contributed by atoms with E-state index in [2.05, 4.69) is 21.8 Å². The van der Waals surface area contributed by atoms with Crippen LogP contribution < -0.4 is 4.74 Å². The van der Waals surface area contributed by atoms with Crippen LogP contribution in [0.3, 0.4) is 0 Å². The molecular weight excluding hydrogens is 463 g/mol. The van der Waals surface area contributed by atoms with Gasteiger partial charge in [-0.1, -0.05) is 31.2 Å². The lowest BCUT2D eigenvalue weighted by atomic mass is 9.89. The second kappa shape index (κ2) is 9.33. The van der Waals surface area contributed by atoms with Gasteiger partial charge in [0.15, 0.2) is 0 Å². The molecule has 3 heterocycles. The molecule has 2 unspecified atom stereocenters. The molecule has 6 rings (SSSR count). The van der Waals surface area contributed by atoms with Gasteiger partial charge in [-0.25, -0.2) is 9.97 Å². The van der Waals surface area contributed by atoms with Crippen LogP contribution in [-0.4, -0.2) is 33.6 Å². The first-order chi connectivity index (χ1) is 17.4. The van der Waals surface area contributed by atoms with E-state index in [1.54, 1.807) is 18.5 Å². The molecule has 1 aliphatic carbocycles. The zero-order chi connectivity index (χ0) is 24.9. The molecule has 1 saturated heterocycles. The minimum Gasteiger partial charge on any atom is -0.490 e. The molecule has 0 amide bonds. The van der Waals surface area contributed by atoms with Gasteiger partial charge in [0.1, 0.15) is 17.6 Å². The first-order valence-electron chi connectivity index (χ1n) is 13.2. The fraction of sp³-hybridized carbons (Fsp3) is 0.517. The van der Waals surface area contributed by atoms with Crippen LogP contribution in [0.25, 0.3) is 10.8 Å². The third-order valence-electron chi connectivity index (χ3n) is 8.50. The molecule has 2 aliphatic heterocycles. The van der Waals surface area contributed by atoms with Gasteiger partial charge in [-0.3, -0.25) is 4.90 Å².